The van der Waals surface area contributed by atoms with Gasteiger partial charge < -0.3 is 10.6 Å². The van der Waals surface area contributed by atoms with Crippen LogP contribution in [0.25, 0.3) is 0 Å². The largest absolute Gasteiger partial charge is 0.343 e. The van der Waals surface area contributed by atoms with Crippen LogP contribution in [0.5, 0.6) is 0 Å². The maximum atomic E-state index is 11.7. The molecule has 0 aromatic rings. The number of carbonyl (C=O) groups is 1. The van der Waals surface area contributed by atoms with Crippen molar-refractivity contribution in [3.05, 3.63) is 0 Å². The first-order valence-corrected chi connectivity index (χ1v) is 12.1. The molecule has 0 bridgehead atoms. The molecule has 0 aromatic carbocycles. The number of hydrogen-bond donors (Lipinski definition) is 2. The lowest BCUT2D eigenvalue weighted by molar-refractivity contribution is -0.130. The zero-order valence-electron chi connectivity index (χ0n) is 18.2. The summed E-state index contributed by atoms with van der Waals surface area (Å²) in [5.41, 5.74) is 5.06. The van der Waals surface area contributed by atoms with Crippen LogP contribution in [-0.2, 0) is 14.9 Å². The molecule has 7 heteroatoms. The number of rotatable bonds is 14. The van der Waals surface area contributed by atoms with Crippen molar-refractivity contribution in [1.82, 2.24) is 4.90 Å². The van der Waals surface area contributed by atoms with Gasteiger partial charge in [0.2, 0.25) is 5.91 Å². The summed E-state index contributed by atoms with van der Waals surface area (Å²) >= 11 is 0. The quantitative estimate of drug-likeness (QED) is 0.323. The lowest BCUT2D eigenvalue weighted by Gasteiger charge is -2.18. The predicted octanol–water partition coefficient (Wildman–Crippen LogP) is 4.59. The Morgan fingerprint density at radius 3 is 1.59 bits per heavy atom. The van der Waals surface area contributed by atoms with E-state index in [1.165, 1.54) is 51.4 Å². The Balaban J connectivity index is 0. The van der Waals surface area contributed by atoms with Gasteiger partial charge >= 0.3 is 0 Å². The highest BCUT2D eigenvalue weighted by Crippen LogP contribution is 2.11. The molecule has 0 aliphatic rings. The minimum Gasteiger partial charge on any atom is -0.343 e. The highest BCUT2D eigenvalue weighted by atomic mass is 32.2. The zero-order chi connectivity index (χ0) is 21.3. The van der Waals surface area contributed by atoms with Crippen LogP contribution in [0.4, 0.5) is 0 Å². The fraction of sp³-hybridized carbons (Fsp3) is 0.950. The van der Waals surface area contributed by atoms with Crippen molar-refractivity contribution in [2.24, 2.45) is 11.7 Å². The van der Waals surface area contributed by atoms with Gasteiger partial charge in [0, 0.05) is 19.5 Å². The van der Waals surface area contributed by atoms with Crippen LogP contribution in [0, 0.1) is 5.92 Å². The van der Waals surface area contributed by atoms with Crippen LogP contribution in [-0.4, -0.2) is 42.2 Å². The van der Waals surface area contributed by atoms with Crippen molar-refractivity contribution in [3.63, 3.8) is 0 Å². The van der Waals surface area contributed by atoms with E-state index in [1.807, 2.05) is 4.90 Å². The average Bonchev–Trinajstić information content (AvgIpc) is 2.60. The van der Waals surface area contributed by atoms with Gasteiger partial charge in [-0.2, -0.15) is 8.42 Å². The first kappa shape index (κ1) is 28.5. The van der Waals surface area contributed by atoms with Gasteiger partial charge in [0.15, 0.2) is 0 Å². The lowest BCUT2D eigenvalue weighted by Crippen LogP contribution is -2.34. The molecule has 0 radical (unpaired) electrons. The van der Waals surface area contributed by atoms with Gasteiger partial charge in [0.1, 0.15) is 5.37 Å². The molecule has 27 heavy (non-hydrogen) atoms. The third kappa shape index (κ3) is 17.2. The van der Waals surface area contributed by atoms with Crippen LogP contribution in [0.15, 0.2) is 0 Å². The summed E-state index contributed by atoms with van der Waals surface area (Å²) in [5.74, 6) is 0.0861. The van der Waals surface area contributed by atoms with Gasteiger partial charge in [-0.05, 0) is 26.2 Å². The maximum absolute atomic E-state index is 11.7. The smallest absolute Gasteiger partial charge is 0.281 e. The Morgan fingerprint density at radius 1 is 0.889 bits per heavy atom. The fourth-order valence-corrected chi connectivity index (χ4v) is 3.35. The van der Waals surface area contributed by atoms with Crippen molar-refractivity contribution >= 4 is 16.0 Å². The van der Waals surface area contributed by atoms with Crippen LogP contribution in [0.3, 0.4) is 0 Å². The van der Waals surface area contributed by atoms with Crippen molar-refractivity contribution in [3.8, 4) is 0 Å². The van der Waals surface area contributed by atoms with Gasteiger partial charge in [-0.25, -0.2) is 0 Å². The number of unbranched alkanes of at least 4 members (excludes halogenated alkanes) is 8. The molecule has 1 unspecified atom stereocenters. The van der Waals surface area contributed by atoms with E-state index in [0.29, 0.717) is 5.91 Å². The van der Waals surface area contributed by atoms with Crippen LogP contribution in [0.1, 0.15) is 98.8 Å². The second-order valence-electron chi connectivity index (χ2n) is 7.37. The van der Waals surface area contributed by atoms with Crippen molar-refractivity contribution < 1.29 is 17.8 Å². The summed E-state index contributed by atoms with van der Waals surface area (Å²) in [6.45, 7) is 11.3. The number of hydrogen-bond acceptors (Lipinski definition) is 4. The molecule has 0 saturated heterocycles. The Hall–Kier alpha value is -0.660. The first-order valence-electron chi connectivity index (χ1n) is 10.6. The number of amides is 1. The molecule has 0 aliphatic carbocycles. The molecule has 0 aromatic heterocycles. The summed E-state index contributed by atoms with van der Waals surface area (Å²) in [6, 6.07) is 0. The minimum absolute atomic E-state index is 0.250. The number of nitrogens with two attached hydrogens (primary N) is 1. The van der Waals surface area contributed by atoms with E-state index >= 15 is 0 Å². The Labute approximate surface area is 168 Å². The molecule has 0 heterocycles. The first-order chi connectivity index (χ1) is 12.6. The fourth-order valence-electron chi connectivity index (χ4n) is 2.67. The molecule has 0 aliphatic heterocycles. The maximum Gasteiger partial charge on any atom is 0.281 e. The van der Waals surface area contributed by atoms with Crippen molar-refractivity contribution in [1.29, 1.82) is 0 Å². The second kappa shape index (κ2) is 17.4. The lowest BCUT2D eigenvalue weighted by atomic mass is 10.1. The van der Waals surface area contributed by atoms with E-state index in [4.69, 9.17) is 10.3 Å². The number of carbonyl (C=O) groups excluding carboxylic acids is 1. The molecule has 1 atom stereocenters. The average molecular weight is 409 g/mol. The SMILES string of the molecule is CC(C)C(N)S(=O)(=O)O.CCCCCCCCCCCC(=O)N(CC)CC. The molecule has 0 saturated carbocycles. The summed E-state index contributed by atoms with van der Waals surface area (Å²) in [4.78, 5) is 13.7. The zero-order valence-corrected chi connectivity index (χ0v) is 19.1. The molecule has 0 spiro atoms. The van der Waals surface area contributed by atoms with Crippen LogP contribution < -0.4 is 5.73 Å². The summed E-state index contributed by atoms with van der Waals surface area (Å²) in [5, 5.41) is -1.16. The van der Waals surface area contributed by atoms with E-state index in [-0.39, 0.29) is 5.92 Å². The molecule has 164 valence electrons. The highest BCUT2D eigenvalue weighted by Gasteiger charge is 2.20. The van der Waals surface area contributed by atoms with Crippen LogP contribution >= 0.6 is 0 Å². The monoisotopic (exact) mass is 408 g/mol. The van der Waals surface area contributed by atoms with E-state index in [2.05, 4.69) is 20.8 Å². The van der Waals surface area contributed by atoms with Gasteiger partial charge in [0.05, 0.1) is 0 Å². The molecule has 6 nitrogen and oxygen atoms in total. The van der Waals surface area contributed by atoms with Gasteiger partial charge in [0.25, 0.3) is 10.1 Å². The third-order valence-electron chi connectivity index (χ3n) is 4.61. The summed E-state index contributed by atoms with van der Waals surface area (Å²) in [6.07, 6.45) is 12.6. The normalized spacial score (nSPS) is 12.4. The van der Waals surface area contributed by atoms with Crippen LogP contribution in [0.2, 0.25) is 0 Å². The summed E-state index contributed by atoms with van der Waals surface area (Å²) < 4.78 is 28.7. The molecule has 3 N–H and O–H groups in total. The number of nitrogens with zero attached hydrogens (tertiary/aromatic N) is 1. The minimum atomic E-state index is -4.02. The molecule has 1 amide bonds. The van der Waals surface area contributed by atoms with E-state index < -0.39 is 15.5 Å². The van der Waals surface area contributed by atoms with E-state index in [9.17, 15) is 13.2 Å². The van der Waals surface area contributed by atoms with Crippen molar-refractivity contribution in [2.75, 3.05) is 13.1 Å². The Morgan fingerprint density at radius 2 is 1.30 bits per heavy atom. The van der Waals surface area contributed by atoms with Gasteiger partial charge in [-0.15, -0.1) is 0 Å². The van der Waals surface area contributed by atoms with Crippen molar-refractivity contribution in [2.45, 2.75) is 104 Å². The second-order valence-corrected chi connectivity index (χ2v) is 8.94. The summed E-state index contributed by atoms with van der Waals surface area (Å²) in [7, 11) is -4.02. The molecule has 0 rings (SSSR count). The van der Waals surface area contributed by atoms with E-state index in [1.54, 1.807) is 13.8 Å². The van der Waals surface area contributed by atoms with E-state index in [0.717, 1.165) is 25.9 Å². The van der Waals surface area contributed by atoms with Gasteiger partial charge in [-0.1, -0.05) is 72.1 Å². The van der Waals surface area contributed by atoms with Gasteiger partial charge in [-0.3, -0.25) is 9.35 Å². The highest BCUT2D eigenvalue weighted by molar-refractivity contribution is 7.86. The standard InChI is InChI=1S/C16H33NO.C4H11NO3S/c1-4-7-8-9-10-11-12-13-14-15-16(18)17(5-2)6-3;1-3(2)4(5)9(6,7)8/h4-15H2,1-3H3;3-4H,5H2,1-2H3,(H,6,7,8). The topological polar surface area (TPSA) is 101 Å². The predicted molar refractivity (Wildman–Crippen MR) is 114 cm³/mol. The third-order valence-corrected chi connectivity index (χ3v) is 5.84. The molecular formula is C20H44N2O4S. The molecule has 0 fully saturated rings. The molecular weight excluding hydrogens is 364 g/mol. The Kier molecular flexibility index (Phi) is 18.4. The Bertz CT molecular complexity index is 449.